The van der Waals surface area contributed by atoms with Crippen molar-refractivity contribution >= 4 is 17.5 Å². The molecule has 0 atom stereocenters. The number of anilines is 3. The number of benzene rings is 1. The van der Waals surface area contributed by atoms with Crippen molar-refractivity contribution in [3.05, 3.63) is 71.9 Å². The number of halogens is 1. The van der Waals surface area contributed by atoms with Crippen LogP contribution in [-0.4, -0.2) is 15.0 Å². The average Bonchev–Trinajstić information content (AvgIpc) is 2.56. The van der Waals surface area contributed by atoms with E-state index in [0.29, 0.717) is 24.0 Å². The number of hydrogen-bond donors (Lipinski definition) is 2. The monoisotopic (exact) mass is 309 g/mol. The minimum absolute atomic E-state index is 0.324. The highest BCUT2D eigenvalue weighted by atomic mass is 19.1. The molecule has 116 valence electrons. The molecule has 0 amide bonds. The maximum Gasteiger partial charge on any atom is 0.225 e. The van der Waals surface area contributed by atoms with E-state index in [9.17, 15) is 4.39 Å². The smallest absolute Gasteiger partial charge is 0.225 e. The van der Waals surface area contributed by atoms with Gasteiger partial charge < -0.3 is 10.6 Å². The normalized spacial score (nSPS) is 10.3. The average molecular weight is 309 g/mol. The van der Waals surface area contributed by atoms with Crippen LogP contribution in [0, 0.1) is 12.7 Å². The van der Waals surface area contributed by atoms with Crippen LogP contribution in [0.25, 0.3) is 0 Å². The van der Waals surface area contributed by atoms with E-state index >= 15 is 0 Å². The highest BCUT2D eigenvalue weighted by Gasteiger charge is 2.05. The molecule has 0 bridgehead atoms. The van der Waals surface area contributed by atoms with Crippen molar-refractivity contribution in [2.75, 3.05) is 10.6 Å². The summed E-state index contributed by atoms with van der Waals surface area (Å²) in [4.78, 5) is 12.7. The molecule has 0 aliphatic carbocycles. The van der Waals surface area contributed by atoms with Gasteiger partial charge in [0, 0.05) is 30.7 Å². The molecule has 0 aliphatic rings. The Bertz CT molecular complexity index is 792. The van der Waals surface area contributed by atoms with Crippen molar-refractivity contribution in [2.24, 2.45) is 0 Å². The van der Waals surface area contributed by atoms with E-state index in [1.807, 2.05) is 19.1 Å². The maximum atomic E-state index is 13.7. The Morgan fingerprint density at radius 1 is 1.04 bits per heavy atom. The molecule has 0 radical (unpaired) electrons. The summed E-state index contributed by atoms with van der Waals surface area (Å²) in [5.41, 5.74) is 2.25. The van der Waals surface area contributed by atoms with Crippen LogP contribution in [0.4, 0.5) is 21.8 Å². The second-order valence-electron chi connectivity index (χ2n) is 5.03. The van der Waals surface area contributed by atoms with E-state index < -0.39 is 0 Å². The molecule has 23 heavy (non-hydrogen) atoms. The van der Waals surface area contributed by atoms with Crippen molar-refractivity contribution in [3.63, 3.8) is 0 Å². The van der Waals surface area contributed by atoms with Crippen LogP contribution in [0.3, 0.4) is 0 Å². The van der Waals surface area contributed by atoms with Gasteiger partial charge in [-0.25, -0.2) is 9.37 Å². The molecule has 5 nitrogen and oxygen atoms in total. The molecule has 2 N–H and O–H groups in total. The number of aryl methyl sites for hydroxylation is 1. The molecule has 3 rings (SSSR count). The Balaban J connectivity index is 1.75. The number of pyridine rings is 1. The molecular formula is C17H16FN5. The van der Waals surface area contributed by atoms with Gasteiger partial charge in [-0.1, -0.05) is 12.1 Å². The lowest BCUT2D eigenvalue weighted by molar-refractivity contribution is 0.632. The summed E-state index contributed by atoms with van der Waals surface area (Å²) >= 11 is 0. The van der Waals surface area contributed by atoms with Gasteiger partial charge >= 0.3 is 0 Å². The van der Waals surface area contributed by atoms with Gasteiger partial charge in [0.05, 0.1) is 5.69 Å². The van der Waals surface area contributed by atoms with Crippen molar-refractivity contribution in [2.45, 2.75) is 13.5 Å². The highest BCUT2D eigenvalue weighted by Crippen LogP contribution is 2.19. The summed E-state index contributed by atoms with van der Waals surface area (Å²) in [6.07, 6.45) is 3.47. The Kier molecular flexibility index (Phi) is 4.42. The molecule has 0 saturated heterocycles. The lowest BCUT2D eigenvalue weighted by atomic mass is 10.3. The molecule has 0 aliphatic heterocycles. The van der Waals surface area contributed by atoms with E-state index in [-0.39, 0.29) is 5.82 Å². The topological polar surface area (TPSA) is 62.7 Å². The Labute approximate surface area is 133 Å². The van der Waals surface area contributed by atoms with Crippen LogP contribution in [0.1, 0.15) is 11.3 Å². The van der Waals surface area contributed by atoms with Gasteiger partial charge in [-0.05, 0) is 36.8 Å². The highest BCUT2D eigenvalue weighted by molar-refractivity contribution is 5.58. The second-order valence-corrected chi connectivity index (χ2v) is 5.03. The Hall–Kier alpha value is -3.02. The fourth-order valence-electron chi connectivity index (χ4n) is 2.09. The molecule has 3 aromatic rings. The molecule has 6 heteroatoms. The van der Waals surface area contributed by atoms with Crippen LogP contribution in [-0.2, 0) is 6.54 Å². The minimum atomic E-state index is -0.324. The number of nitrogens with one attached hydrogen (secondary N) is 2. The molecule has 2 aromatic heterocycles. The molecule has 0 saturated carbocycles. The van der Waals surface area contributed by atoms with Crippen LogP contribution in [0.15, 0.2) is 54.9 Å². The molecule has 0 unspecified atom stereocenters. The first-order valence-electron chi connectivity index (χ1n) is 7.21. The number of rotatable bonds is 5. The van der Waals surface area contributed by atoms with Crippen LogP contribution < -0.4 is 10.6 Å². The first-order chi connectivity index (χ1) is 11.2. The number of hydrogen-bond acceptors (Lipinski definition) is 5. The second kappa shape index (κ2) is 6.83. The molecule has 1 aromatic carbocycles. The quantitative estimate of drug-likeness (QED) is 0.753. The fraction of sp³-hybridized carbons (Fsp3) is 0.118. The molecule has 0 fully saturated rings. The lowest BCUT2D eigenvalue weighted by Gasteiger charge is -2.10. The van der Waals surface area contributed by atoms with Gasteiger partial charge in [0.2, 0.25) is 5.95 Å². The third-order valence-corrected chi connectivity index (χ3v) is 3.19. The van der Waals surface area contributed by atoms with Crippen LogP contribution in [0.2, 0.25) is 0 Å². The zero-order chi connectivity index (χ0) is 16.1. The largest absolute Gasteiger partial charge is 0.350 e. The summed E-state index contributed by atoms with van der Waals surface area (Å²) in [5.74, 6) is 0.704. The predicted octanol–water partition coefficient (Wildman–Crippen LogP) is 3.67. The number of nitrogens with zero attached hydrogens (tertiary/aromatic N) is 3. The first-order valence-corrected chi connectivity index (χ1v) is 7.21. The van der Waals surface area contributed by atoms with Gasteiger partial charge in [-0.15, -0.1) is 0 Å². The van der Waals surface area contributed by atoms with E-state index in [1.54, 1.807) is 36.7 Å². The summed E-state index contributed by atoms with van der Waals surface area (Å²) in [6.45, 7) is 2.46. The standard InChI is InChI=1S/C17H16FN5/c1-12-10-16(22-15-5-3-2-4-14(15)18)23-17(21-12)20-11-13-6-8-19-9-7-13/h2-10H,11H2,1H3,(H2,20,21,22,23). The van der Waals surface area contributed by atoms with Gasteiger partial charge in [-0.2, -0.15) is 4.98 Å². The minimum Gasteiger partial charge on any atom is -0.350 e. The van der Waals surface area contributed by atoms with Gasteiger partial charge in [-0.3, -0.25) is 4.98 Å². The first kappa shape index (κ1) is 14.9. The van der Waals surface area contributed by atoms with Crippen molar-refractivity contribution in [3.8, 4) is 0 Å². The Morgan fingerprint density at radius 2 is 1.83 bits per heavy atom. The fourth-order valence-corrected chi connectivity index (χ4v) is 2.09. The van der Waals surface area contributed by atoms with E-state index in [2.05, 4.69) is 25.6 Å². The SMILES string of the molecule is Cc1cc(Nc2ccccc2F)nc(NCc2ccncc2)n1. The van der Waals surface area contributed by atoms with Gasteiger partial charge in [0.25, 0.3) is 0 Å². The third kappa shape index (κ3) is 4.00. The summed E-state index contributed by atoms with van der Waals surface area (Å²) in [5, 5.41) is 6.13. The zero-order valence-corrected chi connectivity index (χ0v) is 12.6. The summed E-state index contributed by atoms with van der Waals surface area (Å²) in [6, 6.07) is 12.1. The summed E-state index contributed by atoms with van der Waals surface area (Å²) in [7, 11) is 0. The Morgan fingerprint density at radius 3 is 2.61 bits per heavy atom. The molecular weight excluding hydrogens is 293 g/mol. The van der Waals surface area contributed by atoms with Gasteiger partial charge in [0.1, 0.15) is 11.6 Å². The predicted molar refractivity (Wildman–Crippen MR) is 88.0 cm³/mol. The number of para-hydroxylation sites is 1. The van der Waals surface area contributed by atoms with Crippen molar-refractivity contribution in [1.82, 2.24) is 15.0 Å². The molecule has 2 heterocycles. The zero-order valence-electron chi connectivity index (χ0n) is 12.6. The van der Waals surface area contributed by atoms with Crippen LogP contribution in [0.5, 0.6) is 0 Å². The summed E-state index contributed by atoms with van der Waals surface area (Å²) < 4.78 is 13.7. The van der Waals surface area contributed by atoms with Crippen LogP contribution >= 0.6 is 0 Å². The molecule has 0 spiro atoms. The lowest BCUT2D eigenvalue weighted by Crippen LogP contribution is -2.06. The maximum absolute atomic E-state index is 13.7. The van der Waals surface area contributed by atoms with E-state index in [0.717, 1.165) is 11.3 Å². The van der Waals surface area contributed by atoms with Crippen molar-refractivity contribution in [1.29, 1.82) is 0 Å². The van der Waals surface area contributed by atoms with E-state index in [1.165, 1.54) is 6.07 Å². The number of aromatic nitrogens is 3. The third-order valence-electron chi connectivity index (χ3n) is 3.19. The van der Waals surface area contributed by atoms with Gasteiger partial charge in [0.15, 0.2) is 0 Å². The van der Waals surface area contributed by atoms with E-state index in [4.69, 9.17) is 0 Å². The van der Waals surface area contributed by atoms with Crippen molar-refractivity contribution < 1.29 is 4.39 Å².